The Morgan fingerprint density at radius 1 is 1.10 bits per heavy atom. The van der Waals surface area contributed by atoms with Crippen LogP contribution in [0.1, 0.15) is 11.1 Å². The van der Waals surface area contributed by atoms with Gasteiger partial charge in [-0.1, -0.05) is 30.3 Å². The van der Waals surface area contributed by atoms with E-state index < -0.39 is 0 Å². The van der Waals surface area contributed by atoms with Crippen molar-refractivity contribution in [2.75, 3.05) is 19.5 Å². The van der Waals surface area contributed by atoms with Crippen molar-refractivity contribution in [3.63, 3.8) is 0 Å². The number of para-hydroxylation sites is 1. The van der Waals surface area contributed by atoms with E-state index in [9.17, 15) is 4.79 Å². The van der Waals surface area contributed by atoms with E-state index in [1.54, 1.807) is 37.3 Å². The Kier molecular flexibility index (Phi) is 7.43. The molecular weight excluding hydrogens is 380 g/mol. The second kappa shape index (κ2) is 10.7. The highest BCUT2D eigenvalue weighted by molar-refractivity contribution is 5.90. The molecule has 30 heavy (non-hydrogen) atoms. The zero-order valence-electron chi connectivity index (χ0n) is 17.1. The standard InChI is InChI=1S/C22H26N6O2/c1-23-22(25-15-18-8-3-4-10-20(18)30-2)24-14-17-7-5-9-19(13-17)27-21(29)16-28-12-6-11-26-28/h3-13H,14-16H2,1-2H3,(H,27,29)(H2,23,24,25). The zero-order chi connectivity index (χ0) is 21.2. The maximum atomic E-state index is 12.1. The quantitative estimate of drug-likeness (QED) is 0.395. The molecule has 0 radical (unpaired) electrons. The Morgan fingerprint density at radius 2 is 1.93 bits per heavy atom. The molecule has 0 bridgehead atoms. The third kappa shape index (κ3) is 6.10. The molecule has 0 spiro atoms. The molecule has 3 aromatic rings. The fourth-order valence-corrected chi connectivity index (χ4v) is 2.94. The number of nitrogens with zero attached hydrogens (tertiary/aromatic N) is 3. The minimum absolute atomic E-state index is 0.127. The number of anilines is 1. The van der Waals surface area contributed by atoms with Gasteiger partial charge in [0.25, 0.3) is 0 Å². The third-order valence-electron chi connectivity index (χ3n) is 4.40. The van der Waals surface area contributed by atoms with Crippen molar-refractivity contribution in [3.05, 3.63) is 78.1 Å². The fraction of sp³-hybridized carbons (Fsp3) is 0.227. The molecule has 1 aromatic heterocycles. The van der Waals surface area contributed by atoms with Gasteiger partial charge in [0.1, 0.15) is 12.3 Å². The van der Waals surface area contributed by atoms with E-state index in [0.29, 0.717) is 19.0 Å². The molecule has 1 heterocycles. The maximum absolute atomic E-state index is 12.1. The van der Waals surface area contributed by atoms with Gasteiger partial charge in [-0.3, -0.25) is 14.5 Å². The minimum Gasteiger partial charge on any atom is -0.496 e. The molecule has 0 atom stereocenters. The van der Waals surface area contributed by atoms with Gasteiger partial charge in [-0.15, -0.1) is 0 Å². The fourth-order valence-electron chi connectivity index (χ4n) is 2.94. The van der Waals surface area contributed by atoms with E-state index in [4.69, 9.17) is 4.74 Å². The van der Waals surface area contributed by atoms with Crippen LogP contribution in [0.3, 0.4) is 0 Å². The Balaban J connectivity index is 1.51. The van der Waals surface area contributed by atoms with Crippen LogP contribution >= 0.6 is 0 Å². The third-order valence-corrected chi connectivity index (χ3v) is 4.40. The highest BCUT2D eigenvalue weighted by Gasteiger charge is 2.06. The molecule has 8 heteroatoms. The first-order valence-corrected chi connectivity index (χ1v) is 9.60. The van der Waals surface area contributed by atoms with Gasteiger partial charge in [-0.05, 0) is 29.8 Å². The molecule has 0 aliphatic carbocycles. The number of aliphatic imine (C=N–C) groups is 1. The van der Waals surface area contributed by atoms with Crippen molar-refractivity contribution >= 4 is 17.6 Å². The van der Waals surface area contributed by atoms with Gasteiger partial charge in [-0.2, -0.15) is 5.10 Å². The van der Waals surface area contributed by atoms with E-state index in [2.05, 4.69) is 26.0 Å². The van der Waals surface area contributed by atoms with Crippen molar-refractivity contribution in [2.45, 2.75) is 19.6 Å². The topological polar surface area (TPSA) is 92.6 Å². The molecule has 0 aliphatic heterocycles. The molecule has 0 fully saturated rings. The molecule has 2 aromatic carbocycles. The first-order chi connectivity index (χ1) is 14.7. The van der Waals surface area contributed by atoms with Crippen molar-refractivity contribution < 1.29 is 9.53 Å². The lowest BCUT2D eigenvalue weighted by Crippen LogP contribution is -2.36. The van der Waals surface area contributed by atoms with Crippen molar-refractivity contribution in [1.29, 1.82) is 0 Å². The summed E-state index contributed by atoms with van der Waals surface area (Å²) in [4.78, 5) is 16.4. The van der Waals surface area contributed by atoms with Crippen LogP contribution in [0.2, 0.25) is 0 Å². The number of ether oxygens (including phenoxy) is 1. The smallest absolute Gasteiger partial charge is 0.246 e. The number of nitrogens with one attached hydrogen (secondary N) is 3. The molecule has 1 amide bonds. The van der Waals surface area contributed by atoms with Crippen LogP contribution in [-0.2, 0) is 24.4 Å². The number of guanidine groups is 1. The Morgan fingerprint density at radius 3 is 2.70 bits per heavy atom. The second-order valence-corrected chi connectivity index (χ2v) is 6.54. The summed E-state index contributed by atoms with van der Waals surface area (Å²) in [5, 5.41) is 13.5. The molecule has 0 aliphatic rings. The number of methoxy groups -OCH3 is 1. The summed E-state index contributed by atoms with van der Waals surface area (Å²) in [5.74, 6) is 1.38. The number of carbonyl (C=O) groups excluding carboxylic acids is 1. The van der Waals surface area contributed by atoms with Crippen LogP contribution in [-0.4, -0.2) is 35.8 Å². The van der Waals surface area contributed by atoms with E-state index in [1.807, 2.05) is 48.5 Å². The Bertz CT molecular complexity index is 985. The van der Waals surface area contributed by atoms with Crippen LogP contribution in [0.15, 0.2) is 72.0 Å². The minimum atomic E-state index is -0.127. The molecule has 8 nitrogen and oxygen atoms in total. The number of amides is 1. The summed E-state index contributed by atoms with van der Waals surface area (Å²) >= 11 is 0. The van der Waals surface area contributed by atoms with E-state index in [1.165, 1.54) is 0 Å². The summed E-state index contributed by atoms with van der Waals surface area (Å²) < 4.78 is 6.96. The average Bonchev–Trinajstić information content (AvgIpc) is 3.27. The zero-order valence-corrected chi connectivity index (χ0v) is 17.1. The largest absolute Gasteiger partial charge is 0.496 e. The van der Waals surface area contributed by atoms with Crippen molar-refractivity contribution in [2.24, 2.45) is 4.99 Å². The van der Waals surface area contributed by atoms with Crippen molar-refractivity contribution in [3.8, 4) is 5.75 Å². The molecule has 0 saturated carbocycles. The summed E-state index contributed by atoms with van der Waals surface area (Å²) in [7, 11) is 3.39. The molecular formula is C22H26N6O2. The Labute approximate surface area is 176 Å². The highest BCUT2D eigenvalue weighted by atomic mass is 16.5. The number of aromatic nitrogens is 2. The summed E-state index contributed by atoms with van der Waals surface area (Å²) in [6, 6.07) is 17.3. The number of carbonyl (C=O) groups is 1. The van der Waals surface area contributed by atoms with Gasteiger partial charge in [0, 0.05) is 43.8 Å². The number of rotatable bonds is 8. The van der Waals surface area contributed by atoms with Gasteiger partial charge in [0.15, 0.2) is 5.96 Å². The molecule has 0 saturated heterocycles. The average molecular weight is 406 g/mol. The SMILES string of the molecule is CN=C(NCc1cccc(NC(=O)Cn2cccn2)c1)NCc1ccccc1OC. The molecule has 3 N–H and O–H groups in total. The first kappa shape index (κ1) is 20.9. The number of hydrogen-bond acceptors (Lipinski definition) is 4. The van der Waals surface area contributed by atoms with Crippen LogP contribution in [0.25, 0.3) is 0 Å². The lowest BCUT2D eigenvalue weighted by atomic mass is 10.2. The number of benzene rings is 2. The first-order valence-electron chi connectivity index (χ1n) is 9.60. The van der Waals surface area contributed by atoms with Crippen LogP contribution in [0.5, 0.6) is 5.75 Å². The predicted octanol–water partition coefficient (Wildman–Crippen LogP) is 2.40. The molecule has 0 unspecified atom stereocenters. The van der Waals surface area contributed by atoms with Gasteiger partial charge in [0.05, 0.1) is 7.11 Å². The van der Waals surface area contributed by atoms with E-state index in [-0.39, 0.29) is 12.5 Å². The van der Waals surface area contributed by atoms with Crippen LogP contribution in [0.4, 0.5) is 5.69 Å². The monoisotopic (exact) mass is 406 g/mol. The normalized spacial score (nSPS) is 11.1. The van der Waals surface area contributed by atoms with Crippen LogP contribution in [0, 0.1) is 0 Å². The number of hydrogen-bond donors (Lipinski definition) is 3. The summed E-state index contributed by atoms with van der Waals surface area (Å²) in [6.45, 7) is 1.33. The summed E-state index contributed by atoms with van der Waals surface area (Å²) in [5.41, 5.74) is 2.81. The highest BCUT2D eigenvalue weighted by Crippen LogP contribution is 2.16. The van der Waals surface area contributed by atoms with Gasteiger partial charge < -0.3 is 20.7 Å². The molecule has 156 valence electrons. The van der Waals surface area contributed by atoms with Crippen molar-refractivity contribution in [1.82, 2.24) is 20.4 Å². The van der Waals surface area contributed by atoms with E-state index in [0.717, 1.165) is 22.6 Å². The molecule has 3 rings (SSSR count). The van der Waals surface area contributed by atoms with Gasteiger partial charge in [-0.25, -0.2) is 0 Å². The Hall–Kier alpha value is -3.81. The predicted molar refractivity (Wildman–Crippen MR) is 117 cm³/mol. The van der Waals surface area contributed by atoms with Crippen LogP contribution < -0.4 is 20.7 Å². The van der Waals surface area contributed by atoms with E-state index >= 15 is 0 Å². The van der Waals surface area contributed by atoms with Gasteiger partial charge >= 0.3 is 0 Å². The maximum Gasteiger partial charge on any atom is 0.246 e. The van der Waals surface area contributed by atoms with Gasteiger partial charge in [0.2, 0.25) is 5.91 Å². The summed E-state index contributed by atoms with van der Waals surface area (Å²) in [6.07, 6.45) is 3.40. The lowest BCUT2D eigenvalue weighted by Gasteiger charge is -2.14. The lowest BCUT2D eigenvalue weighted by molar-refractivity contribution is -0.116. The second-order valence-electron chi connectivity index (χ2n) is 6.54.